The van der Waals surface area contributed by atoms with Crippen LogP contribution in [0.1, 0.15) is 42.1 Å². The van der Waals surface area contributed by atoms with Crippen LogP contribution >= 0.6 is 0 Å². The van der Waals surface area contributed by atoms with E-state index in [9.17, 15) is 9.59 Å². The molecule has 168 valence electrons. The number of aryl methyl sites for hydroxylation is 1. The van der Waals surface area contributed by atoms with Crippen LogP contribution in [0.25, 0.3) is 5.69 Å². The van der Waals surface area contributed by atoms with Gasteiger partial charge in [-0.2, -0.15) is 0 Å². The Kier molecular flexibility index (Phi) is 7.05. The molecular weight excluding hydrogens is 414 g/mol. The van der Waals surface area contributed by atoms with E-state index in [-0.39, 0.29) is 11.5 Å². The maximum Gasteiger partial charge on any atom is 0.273 e. The minimum atomic E-state index is -0.320. The number of ether oxygens (including phenoxy) is 1. The summed E-state index contributed by atoms with van der Waals surface area (Å²) in [5.41, 5.74) is 2.21. The second kappa shape index (κ2) is 10.5. The monoisotopic (exact) mass is 441 g/mol. The molecule has 0 fully saturated rings. The molecule has 0 atom stereocenters. The van der Waals surface area contributed by atoms with Crippen LogP contribution in [0.2, 0.25) is 0 Å². The highest BCUT2D eigenvalue weighted by Crippen LogP contribution is 2.23. The highest BCUT2D eigenvalue weighted by Gasteiger charge is 2.10. The Morgan fingerprint density at radius 3 is 2.24 bits per heavy atom. The number of rotatable bonds is 9. The molecule has 1 amide bonds. The van der Waals surface area contributed by atoms with Gasteiger partial charge in [-0.1, -0.05) is 50.1 Å². The second-order valence-electron chi connectivity index (χ2n) is 7.86. The molecule has 0 unspecified atom stereocenters. The zero-order chi connectivity index (χ0) is 23.0. The van der Waals surface area contributed by atoms with Crippen molar-refractivity contribution in [1.29, 1.82) is 0 Å². The second-order valence-corrected chi connectivity index (χ2v) is 7.86. The number of unbranched alkanes of at least 4 members (excludes halogenated alkanes) is 2. The maximum atomic E-state index is 12.6. The summed E-state index contributed by atoms with van der Waals surface area (Å²) in [6.07, 6.45) is 4.74. The smallest absolute Gasteiger partial charge is 0.273 e. The molecular formula is C27H27N3O3. The number of amides is 1. The van der Waals surface area contributed by atoms with Gasteiger partial charge in [0.15, 0.2) is 0 Å². The van der Waals surface area contributed by atoms with E-state index in [0.717, 1.165) is 12.2 Å². The Bertz CT molecular complexity index is 1240. The van der Waals surface area contributed by atoms with Gasteiger partial charge < -0.3 is 10.1 Å². The highest BCUT2D eigenvalue weighted by atomic mass is 16.5. The third-order valence-electron chi connectivity index (χ3n) is 5.33. The molecule has 0 aliphatic carbocycles. The van der Waals surface area contributed by atoms with Crippen molar-refractivity contribution in [2.45, 2.75) is 32.6 Å². The predicted octanol–water partition coefficient (Wildman–Crippen LogP) is 5.94. The topological polar surface area (TPSA) is 76.1 Å². The van der Waals surface area contributed by atoms with E-state index in [4.69, 9.17) is 4.74 Å². The molecule has 0 bridgehead atoms. The molecule has 0 aliphatic heterocycles. The number of nitrogens with zero attached hydrogens (tertiary/aromatic N) is 1. The molecule has 33 heavy (non-hydrogen) atoms. The average Bonchev–Trinajstić information content (AvgIpc) is 3.21. The zero-order valence-electron chi connectivity index (χ0n) is 18.6. The van der Waals surface area contributed by atoms with Gasteiger partial charge in [0.1, 0.15) is 17.3 Å². The van der Waals surface area contributed by atoms with Crippen molar-refractivity contribution in [2.24, 2.45) is 0 Å². The molecule has 4 aromatic rings. The van der Waals surface area contributed by atoms with Crippen molar-refractivity contribution < 1.29 is 9.53 Å². The summed E-state index contributed by atoms with van der Waals surface area (Å²) in [5, 5.41) is 5.64. The number of aromatic nitrogens is 2. The quantitative estimate of drug-likeness (QED) is 0.316. The standard InChI is InChI=1S/C27H27N3O3/c1-2-3-5-8-20-11-15-23(16-12-20)33-24-17-13-21(14-18-24)27(32)28-25-19-26(31)30(29-25)22-9-6-4-7-10-22/h4,6-7,9-19,29H,2-3,5,8H2,1H3,(H,28,32). The van der Waals surface area contributed by atoms with Crippen LogP contribution in [0.4, 0.5) is 5.82 Å². The Morgan fingerprint density at radius 1 is 0.909 bits per heavy atom. The lowest BCUT2D eigenvalue weighted by molar-refractivity contribution is 0.102. The molecule has 1 aromatic heterocycles. The lowest BCUT2D eigenvalue weighted by atomic mass is 10.1. The van der Waals surface area contributed by atoms with Crippen LogP contribution in [0.3, 0.4) is 0 Å². The number of hydrogen-bond donors (Lipinski definition) is 2. The number of hydrogen-bond acceptors (Lipinski definition) is 3. The molecule has 0 saturated heterocycles. The van der Waals surface area contributed by atoms with Crippen molar-refractivity contribution in [3.8, 4) is 17.2 Å². The number of carbonyl (C=O) groups excluding carboxylic acids is 1. The number of carbonyl (C=O) groups is 1. The predicted molar refractivity (Wildman–Crippen MR) is 131 cm³/mol. The van der Waals surface area contributed by atoms with Crippen LogP contribution in [-0.4, -0.2) is 15.7 Å². The first kappa shape index (κ1) is 22.1. The van der Waals surface area contributed by atoms with Crippen molar-refractivity contribution in [3.63, 3.8) is 0 Å². The zero-order valence-corrected chi connectivity index (χ0v) is 18.6. The molecule has 0 saturated carbocycles. The fraction of sp³-hybridized carbons (Fsp3) is 0.185. The molecule has 1 heterocycles. The minimum Gasteiger partial charge on any atom is -0.457 e. The Hall–Kier alpha value is -4.06. The molecule has 3 aromatic carbocycles. The first-order chi connectivity index (χ1) is 16.1. The van der Waals surface area contributed by atoms with Gasteiger partial charge in [0, 0.05) is 11.6 Å². The van der Waals surface area contributed by atoms with Crippen LogP contribution in [0, 0.1) is 0 Å². The lowest BCUT2D eigenvalue weighted by Crippen LogP contribution is -2.13. The number of anilines is 1. The molecule has 6 nitrogen and oxygen atoms in total. The van der Waals surface area contributed by atoms with Gasteiger partial charge >= 0.3 is 0 Å². The summed E-state index contributed by atoms with van der Waals surface area (Å²) in [4.78, 5) is 24.8. The lowest BCUT2D eigenvalue weighted by Gasteiger charge is -2.08. The summed E-state index contributed by atoms with van der Waals surface area (Å²) < 4.78 is 7.27. The van der Waals surface area contributed by atoms with Gasteiger partial charge in [-0.3, -0.25) is 14.7 Å². The van der Waals surface area contributed by atoms with Crippen molar-refractivity contribution in [2.75, 3.05) is 5.32 Å². The largest absolute Gasteiger partial charge is 0.457 e. The summed E-state index contributed by atoms with van der Waals surface area (Å²) in [6, 6.07) is 25.5. The van der Waals surface area contributed by atoms with Crippen molar-refractivity contribution in [3.05, 3.63) is 106 Å². The van der Waals surface area contributed by atoms with Crippen LogP contribution < -0.4 is 15.6 Å². The molecule has 2 N–H and O–H groups in total. The Balaban J connectivity index is 1.36. The summed E-state index contributed by atoms with van der Waals surface area (Å²) in [5.74, 6) is 1.41. The van der Waals surface area contributed by atoms with Gasteiger partial charge in [0.05, 0.1) is 5.69 Å². The van der Waals surface area contributed by atoms with Crippen LogP contribution in [0.15, 0.2) is 89.7 Å². The summed E-state index contributed by atoms with van der Waals surface area (Å²) in [6.45, 7) is 2.20. The molecule has 0 aliphatic rings. The Labute approximate surface area is 192 Å². The summed E-state index contributed by atoms with van der Waals surface area (Å²) >= 11 is 0. The van der Waals surface area contributed by atoms with E-state index in [1.165, 1.54) is 35.6 Å². The fourth-order valence-electron chi connectivity index (χ4n) is 3.54. The normalized spacial score (nSPS) is 10.7. The number of aromatic amines is 1. The number of benzene rings is 3. The highest BCUT2D eigenvalue weighted by molar-refractivity contribution is 6.03. The maximum absolute atomic E-state index is 12.6. The van der Waals surface area contributed by atoms with Crippen molar-refractivity contribution >= 4 is 11.7 Å². The third-order valence-corrected chi connectivity index (χ3v) is 5.33. The number of nitrogens with one attached hydrogen (secondary N) is 2. The molecule has 4 rings (SSSR count). The van der Waals surface area contributed by atoms with E-state index < -0.39 is 0 Å². The molecule has 6 heteroatoms. The minimum absolute atomic E-state index is 0.253. The average molecular weight is 442 g/mol. The van der Waals surface area contributed by atoms with Gasteiger partial charge in [-0.25, -0.2) is 4.68 Å². The van der Waals surface area contributed by atoms with Gasteiger partial charge in [0.25, 0.3) is 11.5 Å². The summed E-state index contributed by atoms with van der Waals surface area (Å²) in [7, 11) is 0. The Morgan fingerprint density at radius 2 is 1.58 bits per heavy atom. The van der Waals surface area contributed by atoms with Gasteiger partial charge in [-0.05, 0) is 66.9 Å². The number of H-pyrrole nitrogens is 1. The van der Waals surface area contributed by atoms with Gasteiger partial charge in [0.2, 0.25) is 0 Å². The van der Waals surface area contributed by atoms with Gasteiger partial charge in [-0.15, -0.1) is 0 Å². The third kappa shape index (κ3) is 5.80. The molecule has 0 spiro atoms. The van der Waals surface area contributed by atoms with Crippen molar-refractivity contribution in [1.82, 2.24) is 9.78 Å². The van der Waals surface area contributed by atoms with Crippen LogP contribution in [-0.2, 0) is 6.42 Å². The number of para-hydroxylation sites is 1. The fourth-order valence-corrected chi connectivity index (χ4v) is 3.54. The van der Waals surface area contributed by atoms with E-state index in [1.807, 2.05) is 42.5 Å². The van der Waals surface area contributed by atoms with E-state index in [2.05, 4.69) is 29.5 Å². The van der Waals surface area contributed by atoms with E-state index in [0.29, 0.717) is 22.8 Å². The van der Waals surface area contributed by atoms with Crippen LogP contribution in [0.5, 0.6) is 11.5 Å². The SMILES string of the molecule is CCCCCc1ccc(Oc2ccc(C(=O)Nc3cc(=O)n(-c4ccccc4)[nH]3)cc2)cc1. The first-order valence-electron chi connectivity index (χ1n) is 11.2. The van der Waals surface area contributed by atoms with E-state index >= 15 is 0 Å². The molecule has 0 radical (unpaired) electrons. The van der Waals surface area contributed by atoms with E-state index in [1.54, 1.807) is 24.3 Å². The first-order valence-corrected chi connectivity index (χ1v) is 11.2.